The third kappa shape index (κ3) is 4.90. The van der Waals surface area contributed by atoms with Gasteiger partial charge in [-0.1, -0.05) is 29.6 Å². The molecule has 0 aliphatic heterocycles. The zero-order valence-electron chi connectivity index (χ0n) is 11.5. The number of esters is 1. The molecule has 0 unspecified atom stereocenters. The molecular weight excluding hydrogens is 313 g/mol. The fraction of sp³-hybridized carbons (Fsp3) is 0.467. The highest BCUT2D eigenvalue weighted by molar-refractivity contribution is 6.54. The monoisotopic (exact) mass is 329 g/mol. The number of ether oxygens (including phenoxy) is 1. The van der Waals surface area contributed by atoms with Gasteiger partial charge in [-0.25, -0.2) is 4.79 Å². The van der Waals surface area contributed by atoms with Gasteiger partial charge in [-0.05, 0) is 49.9 Å². The number of halogens is 2. The Bertz CT molecular complexity index is 496. The molecule has 0 bridgehead atoms. The van der Waals surface area contributed by atoms with Gasteiger partial charge in [0.05, 0.1) is 5.56 Å². The molecule has 1 aromatic rings. The number of carbonyl (C=O) groups is 2. The van der Waals surface area contributed by atoms with Crippen LogP contribution in [-0.2, 0) is 9.53 Å². The predicted octanol–water partition coefficient (Wildman–Crippen LogP) is 3.92. The summed E-state index contributed by atoms with van der Waals surface area (Å²) in [4.78, 5) is 22.2. The fourth-order valence-corrected chi connectivity index (χ4v) is 2.40. The molecule has 0 spiro atoms. The highest BCUT2D eigenvalue weighted by atomic mass is 35.5. The maximum Gasteiger partial charge on any atom is 0.338 e. The van der Waals surface area contributed by atoms with Gasteiger partial charge >= 0.3 is 5.97 Å². The molecule has 21 heavy (non-hydrogen) atoms. The molecule has 0 saturated heterocycles. The second-order valence-corrected chi connectivity index (χ2v) is 6.13. The molecule has 1 fully saturated rings. The SMILES string of the molecule is O=C(OC1CCCCC1)c1ccc(NC(=O)C(Cl)Cl)cc1. The van der Waals surface area contributed by atoms with Crippen LogP contribution in [0.15, 0.2) is 24.3 Å². The minimum atomic E-state index is -1.12. The lowest BCUT2D eigenvalue weighted by atomic mass is 9.98. The lowest BCUT2D eigenvalue weighted by Crippen LogP contribution is -2.21. The first-order valence-electron chi connectivity index (χ1n) is 6.96. The van der Waals surface area contributed by atoms with Crippen LogP contribution >= 0.6 is 23.2 Å². The van der Waals surface area contributed by atoms with Gasteiger partial charge < -0.3 is 10.1 Å². The van der Waals surface area contributed by atoms with E-state index < -0.39 is 10.7 Å². The van der Waals surface area contributed by atoms with E-state index in [9.17, 15) is 9.59 Å². The summed E-state index contributed by atoms with van der Waals surface area (Å²) < 4.78 is 5.47. The standard InChI is InChI=1S/C15H17Cl2NO3/c16-13(17)14(19)18-11-8-6-10(7-9-11)15(20)21-12-4-2-1-3-5-12/h6-9,12-13H,1-5H2,(H,18,19). The van der Waals surface area contributed by atoms with Gasteiger partial charge in [0.2, 0.25) is 0 Å². The van der Waals surface area contributed by atoms with E-state index in [1.165, 1.54) is 6.42 Å². The summed E-state index contributed by atoms with van der Waals surface area (Å²) in [6, 6.07) is 6.45. The second kappa shape index (κ2) is 7.66. The van der Waals surface area contributed by atoms with Crippen LogP contribution in [0.1, 0.15) is 42.5 Å². The van der Waals surface area contributed by atoms with E-state index >= 15 is 0 Å². The van der Waals surface area contributed by atoms with Gasteiger partial charge in [0.1, 0.15) is 6.10 Å². The molecule has 1 saturated carbocycles. The van der Waals surface area contributed by atoms with Crippen molar-refractivity contribution < 1.29 is 14.3 Å². The first-order chi connectivity index (χ1) is 10.1. The molecule has 0 radical (unpaired) electrons. The molecule has 1 aromatic carbocycles. The molecule has 0 atom stereocenters. The van der Waals surface area contributed by atoms with Crippen molar-refractivity contribution in [3.05, 3.63) is 29.8 Å². The Morgan fingerprint density at radius 3 is 2.29 bits per heavy atom. The number of anilines is 1. The van der Waals surface area contributed by atoms with Gasteiger partial charge in [-0.3, -0.25) is 4.79 Å². The highest BCUT2D eigenvalue weighted by Gasteiger charge is 2.19. The largest absolute Gasteiger partial charge is 0.459 e. The Balaban J connectivity index is 1.91. The number of rotatable bonds is 4. The van der Waals surface area contributed by atoms with E-state index in [1.54, 1.807) is 24.3 Å². The van der Waals surface area contributed by atoms with Gasteiger partial charge in [0.25, 0.3) is 5.91 Å². The zero-order chi connectivity index (χ0) is 15.2. The molecule has 2 rings (SSSR count). The van der Waals surface area contributed by atoms with Crippen LogP contribution in [0.25, 0.3) is 0 Å². The molecule has 1 aliphatic carbocycles. The second-order valence-electron chi connectivity index (χ2n) is 5.03. The minimum absolute atomic E-state index is 0.0267. The Morgan fingerprint density at radius 2 is 1.71 bits per heavy atom. The third-order valence-corrected chi connectivity index (χ3v) is 3.81. The van der Waals surface area contributed by atoms with E-state index in [-0.39, 0.29) is 12.1 Å². The summed E-state index contributed by atoms with van der Waals surface area (Å²) in [6.07, 6.45) is 5.34. The van der Waals surface area contributed by atoms with Crippen LogP contribution in [0.2, 0.25) is 0 Å². The fourth-order valence-electron chi connectivity index (χ4n) is 2.29. The Hall–Kier alpha value is -1.26. The Morgan fingerprint density at radius 1 is 1.10 bits per heavy atom. The van der Waals surface area contributed by atoms with Crippen LogP contribution in [0.3, 0.4) is 0 Å². The van der Waals surface area contributed by atoms with Crippen molar-refractivity contribution >= 4 is 40.8 Å². The van der Waals surface area contributed by atoms with Crippen LogP contribution in [-0.4, -0.2) is 22.8 Å². The average Bonchev–Trinajstić information content (AvgIpc) is 2.48. The normalized spacial score (nSPS) is 15.8. The summed E-state index contributed by atoms with van der Waals surface area (Å²) >= 11 is 10.9. The summed E-state index contributed by atoms with van der Waals surface area (Å²) in [5.41, 5.74) is 0.993. The molecular formula is C15H17Cl2NO3. The van der Waals surface area contributed by atoms with E-state index in [1.807, 2.05) is 0 Å². The first kappa shape index (κ1) is 16.1. The Kier molecular flexibility index (Phi) is 5.88. The molecule has 1 amide bonds. The van der Waals surface area contributed by atoms with E-state index in [0.29, 0.717) is 11.3 Å². The van der Waals surface area contributed by atoms with E-state index in [2.05, 4.69) is 5.32 Å². The molecule has 6 heteroatoms. The summed E-state index contributed by atoms with van der Waals surface area (Å²) in [5, 5.41) is 2.53. The first-order valence-corrected chi connectivity index (χ1v) is 7.83. The molecule has 4 nitrogen and oxygen atoms in total. The third-order valence-electron chi connectivity index (χ3n) is 3.41. The highest BCUT2D eigenvalue weighted by Crippen LogP contribution is 2.22. The number of hydrogen-bond acceptors (Lipinski definition) is 3. The van der Waals surface area contributed by atoms with Crippen molar-refractivity contribution in [3.8, 4) is 0 Å². The number of nitrogens with one attached hydrogen (secondary N) is 1. The van der Waals surface area contributed by atoms with Crippen LogP contribution < -0.4 is 5.32 Å². The van der Waals surface area contributed by atoms with Gasteiger partial charge in [-0.2, -0.15) is 0 Å². The molecule has 1 aliphatic rings. The number of benzene rings is 1. The predicted molar refractivity (Wildman–Crippen MR) is 82.9 cm³/mol. The van der Waals surface area contributed by atoms with E-state index in [4.69, 9.17) is 27.9 Å². The van der Waals surface area contributed by atoms with Crippen molar-refractivity contribution in [1.82, 2.24) is 0 Å². The number of alkyl halides is 2. The van der Waals surface area contributed by atoms with Crippen LogP contribution in [0.4, 0.5) is 5.69 Å². The lowest BCUT2D eigenvalue weighted by molar-refractivity contribution is -0.114. The van der Waals surface area contributed by atoms with Crippen LogP contribution in [0.5, 0.6) is 0 Å². The maximum atomic E-state index is 12.0. The van der Waals surface area contributed by atoms with Gasteiger partial charge in [0.15, 0.2) is 4.84 Å². The van der Waals surface area contributed by atoms with E-state index in [0.717, 1.165) is 25.7 Å². The van der Waals surface area contributed by atoms with Gasteiger partial charge in [-0.15, -0.1) is 0 Å². The van der Waals surface area contributed by atoms with Gasteiger partial charge in [0, 0.05) is 5.69 Å². The molecule has 114 valence electrons. The number of carbonyl (C=O) groups excluding carboxylic acids is 2. The van der Waals surface area contributed by atoms with Crippen molar-refractivity contribution in [2.45, 2.75) is 43.0 Å². The smallest absolute Gasteiger partial charge is 0.338 e. The van der Waals surface area contributed by atoms with Crippen molar-refractivity contribution in [1.29, 1.82) is 0 Å². The number of amides is 1. The summed E-state index contributed by atoms with van der Waals surface area (Å²) in [6.45, 7) is 0. The number of hydrogen-bond donors (Lipinski definition) is 1. The Labute approximate surface area is 133 Å². The minimum Gasteiger partial charge on any atom is -0.459 e. The average molecular weight is 330 g/mol. The quantitative estimate of drug-likeness (QED) is 0.672. The molecule has 1 N–H and O–H groups in total. The van der Waals surface area contributed by atoms with Crippen molar-refractivity contribution in [2.24, 2.45) is 0 Å². The van der Waals surface area contributed by atoms with Crippen molar-refractivity contribution in [2.75, 3.05) is 5.32 Å². The molecule has 0 aromatic heterocycles. The maximum absolute atomic E-state index is 12.0. The van der Waals surface area contributed by atoms with Crippen molar-refractivity contribution in [3.63, 3.8) is 0 Å². The topological polar surface area (TPSA) is 55.4 Å². The lowest BCUT2D eigenvalue weighted by Gasteiger charge is -2.21. The zero-order valence-corrected chi connectivity index (χ0v) is 13.0. The van der Waals surface area contributed by atoms with Crippen LogP contribution in [0, 0.1) is 0 Å². The summed E-state index contributed by atoms with van der Waals surface area (Å²) in [7, 11) is 0. The molecule has 0 heterocycles. The summed E-state index contributed by atoms with van der Waals surface area (Å²) in [5.74, 6) is -0.830.